The number of carbonyl (C=O) groups excluding carboxylic acids is 1. The lowest BCUT2D eigenvalue weighted by atomic mass is 10.1. The Hall–Kier alpha value is -1.16. The highest BCUT2D eigenvalue weighted by Gasteiger charge is 2.10. The number of hydrogen-bond donors (Lipinski definition) is 1. The molecular weight excluding hydrogens is 178 g/mol. The van der Waals surface area contributed by atoms with Gasteiger partial charge >= 0.3 is 0 Å². The van der Waals surface area contributed by atoms with Crippen molar-refractivity contribution in [1.29, 1.82) is 0 Å². The van der Waals surface area contributed by atoms with Crippen molar-refractivity contribution in [3.8, 4) is 0 Å². The standard InChI is InChI=1S/C10H17N3O/c1-2-13-8-7-12-10(13)9(14)5-3-4-6-11/h7-8H,2-6,11H2,1H3. The highest BCUT2D eigenvalue weighted by Crippen LogP contribution is 2.05. The van der Waals surface area contributed by atoms with Gasteiger partial charge in [0.15, 0.2) is 11.6 Å². The fourth-order valence-electron chi connectivity index (χ4n) is 1.36. The van der Waals surface area contributed by atoms with E-state index >= 15 is 0 Å². The topological polar surface area (TPSA) is 60.9 Å². The summed E-state index contributed by atoms with van der Waals surface area (Å²) >= 11 is 0. The summed E-state index contributed by atoms with van der Waals surface area (Å²) in [4.78, 5) is 15.7. The molecule has 0 fully saturated rings. The number of rotatable bonds is 6. The van der Waals surface area contributed by atoms with Crippen molar-refractivity contribution in [3.05, 3.63) is 18.2 Å². The fourth-order valence-corrected chi connectivity index (χ4v) is 1.36. The van der Waals surface area contributed by atoms with Crippen molar-refractivity contribution in [2.45, 2.75) is 32.7 Å². The zero-order valence-corrected chi connectivity index (χ0v) is 8.57. The Kier molecular flexibility index (Phi) is 4.32. The van der Waals surface area contributed by atoms with E-state index in [1.165, 1.54) is 0 Å². The summed E-state index contributed by atoms with van der Waals surface area (Å²) in [5.74, 6) is 0.690. The van der Waals surface area contributed by atoms with Crippen LogP contribution in [0.5, 0.6) is 0 Å². The van der Waals surface area contributed by atoms with Crippen molar-refractivity contribution in [2.75, 3.05) is 6.54 Å². The van der Waals surface area contributed by atoms with Gasteiger partial charge in [-0.15, -0.1) is 0 Å². The van der Waals surface area contributed by atoms with Gasteiger partial charge in [0.25, 0.3) is 0 Å². The van der Waals surface area contributed by atoms with Crippen LogP contribution in [0.15, 0.2) is 12.4 Å². The van der Waals surface area contributed by atoms with Gasteiger partial charge in [0, 0.05) is 25.4 Å². The Labute approximate surface area is 84.1 Å². The SMILES string of the molecule is CCn1ccnc1C(=O)CCCCN. The normalized spacial score (nSPS) is 10.4. The maximum Gasteiger partial charge on any atom is 0.198 e. The Bertz CT molecular complexity index is 293. The average Bonchev–Trinajstić information content (AvgIpc) is 2.65. The lowest BCUT2D eigenvalue weighted by Gasteiger charge is -2.02. The van der Waals surface area contributed by atoms with Gasteiger partial charge in [0.05, 0.1) is 0 Å². The largest absolute Gasteiger partial charge is 0.330 e. The van der Waals surface area contributed by atoms with Gasteiger partial charge in [-0.2, -0.15) is 0 Å². The maximum atomic E-state index is 11.6. The Morgan fingerprint density at radius 3 is 3.00 bits per heavy atom. The van der Waals surface area contributed by atoms with Crippen LogP contribution in [0, 0.1) is 0 Å². The Morgan fingerprint density at radius 2 is 2.36 bits per heavy atom. The molecule has 0 aliphatic rings. The number of nitrogens with zero attached hydrogens (tertiary/aromatic N) is 2. The number of aryl methyl sites for hydroxylation is 1. The van der Waals surface area contributed by atoms with E-state index in [-0.39, 0.29) is 5.78 Å². The summed E-state index contributed by atoms with van der Waals surface area (Å²) < 4.78 is 1.87. The van der Waals surface area contributed by atoms with Crippen LogP contribution in [0.25, 0.3) is 0 Å². The monoisotopic (exact) mass is 195 g/mol. The van der Waals surface area contributed by atoms with Gasteiger partial charge in [-0.3, -0.25) is 4.79 Å². The predicted molar refractivity (Wildman–Crippen MR) is 55.1 cm³/mol. The zero-order valence-electron chi connectivity index (χ0n) is 8.57. The first-order valence-electron chi connectivity index (χ1n) is 5.04. The summed E-state index contributed by atoms with van der Waals surface area (Å²) in [7, 11) is 0. The van der Waals surface area contributed by atoms with Gasteiger partial charge in [0.2, 0.25) is 0 Å². The molecule has 0 aromatic carbocycles. The predicted octanol–water partition coefficient (Wildman–Crippen LogP) is 1.21. The van der Waals surface area contributed by atoms with Gasteiger partial charge < -0.3 is 10.3 Å². The molecule has 1 rings (SSSR count). The molecular formula is C10H17N3O. The van der Waals surface area contributed by atoms with E-state index in [4.69, 9.17) is 5.73 Å². The smallest absolute Gasteiger partial charge is 0.198 e. The van der Waals surface area contributed by atoms with Crippen LogP contribution in [0.2, 0.25) is 0 Å². The molecule has 0 radical (unpaired) electrons. The highest BCUT2D eigenvalue weighted by molar-refractivity contribution is 5.92. The molecule has 14 heavy (non-hydrogen) atoms. The first kappa shape index (κ1) is 10.9. The zero-order chi connectivity index (χ0) is 10.4. The number of carbonyl (C=O) groups is 1. The van der Waals surface area contributed by atoms with E-state index in [2.05, 4.69) is 4.98 Å². The van der Waals surface area contributed by atoms with Crippen LogP contribution in [-0.2, 0) is 6.54 Å². The number of hydrogen-bond acceptors (Lipinski definition) is 3. The quantitative estimate of drug-likeness (QED) is 0.548. The van der Waals surface area contributed by atoms with Gasteiger partial charge in [-0.05, 0) is 26.3 Å². The van der Waals surface area contributed by atoms with Crippen LogP contribution in [-0.4, -0.2) is 21.9 Å². The number of unbranched alkanes of at least 4 members (excludes halogenated alkanes) is 1. The van der Waals surface area contributed by atoms with Crippen LogP contribution in [0.3, 0.4) is 0 Å². The lowest BCUT2D eigenvalue weighted by molar-refractivity contribution is 0.0965. The van der Waals surface area contributed by atoms with Crippen LogP contribution in [0.1, 0.15) is 36.8 Å². The second-order valence-electron chi connectivity index (χ2n) is 3.21. The molecule has 0 spiro atoms. The molecule has 1 aromatic rings. The number of nitrogens with two attached hydrogens (primary N) is 1. The van der Waals surface area contributed by atoms with Crippen LogP contribution in [0.4, 0.5) is 0 Å². The molecule has 0 atom stereocenters. The minimum absolute atomic E-state index is 0.116. The number of imidazole rings is 1. The molecule has 1 aromatic heterocycles. The van der Waals surface area contributed by atoms with Crippen molar-refractivity contribution in [2.24, 2.45) is 5.73 Å². The van der Waals surface area contributed by atoms with Crippen molar-refractivity contribution < 1.29 is 4.79 Å². The minimum atomic E-state index is 0.116. The first-order chi connectivity index (χ1) is 6.79. The minimum Gasteiger partial charge on any atom is -0.330 e. The second kappa shape index (κ2) is 5.54. The Balaban J connectivity index is 2.51. The van der Waals surface area contributed by atoms with E-state index in [1.807, 2.05) is 17.7 Å². The summed E-state index contributed by atoms with van der Waals surface area (Å²) in [5.41, 5.74) is 5.36. The van der Waals surface area contributed by atoms with Gasteiger partial charge in [-0.1, -0.05) is 0 Å². The first-order valence-corrected chi connectivity index (χ1v) is 5.04. The molecule has 0 bridgehead atoms. The van der Waals surface area contributed by atoms with E-state index < -0.39 is 0 Å². The van der Waals surface area contributed by atoms with E-state index in [1.54, 1.807) is 6.20 Å². The fraction of sp³-hybridized carbons (Fsp3) is 0.600. The van der Waals surface area contributed by atoms with E-state index in [0.29, 0.717) is 18.8 Å². The van der Waals surface area contributed by atoms with Crippen LogP contribution >= 0.6 is 0 Å². The Morgan fingerprint density at radius 1 is 1.57 bits per heavy atom. The molecule has 0 aliphatic heterocycles. The average molecular weight is 195 g/mol. The van der Waals surface area contributed by atoms with Crippen LogP contribution < -0.4 is 5.73 Å². The van der Waals surface area contributed by atoms with Gasteiger partial charge in [-0.25, -0.2) is 4.98 Å². The molecule has 1 heterocycles. The molecule has 0 amide bonds. The van der Waals surface area contributed by atoms with Gasteiger partial charge in [0.1, 0.15) is 0 Å². The molecule has 4 nitrogen and oxygen atoms in total. The summed E-state index contributed by atoms with van der Waals surface area (Å²) in [6, 6.07) is 0. The third kappa shape index (κ3) is 2.67. The second-order valence-corrected chi connectivity index (χ2v) is 3.21. The molecule has 0 unspecified atom stereocenters. The number of Topliss-reactive ketones (excluding diaryl/α,β-unsaturated/α-hetero) is 1. The van der Waals surface area contributed by atoms with Crippen molar-refractivity contribution in [1.82, 2.24) is 9.55 Å². The number of ketones is 1. The molecule has 0 aliphatic carbocycles. The molecule has 78 valence electrons. The molecule has 0 saturated heterocycles. The summed E-state index contributed by atoms with van der Waals surface area (Å²) in [6.07, 6.45) is 5.80. The third-order valence-corrected chi connectivity index (χ3v) is 2.16. The summed E-state index contributed by atoms with van der Waals surface area (Å²) in [6.45, 7) is 3.44. The highest BCUT2D eigenvalue weighted by atomic mass is 16.1. The number of aromatic nitrogens is 2. The molecule has 2 N–H and O–H groups in total. The third-order valence-electron chi connectivity index (χ3n) is 2.16. The van der Waals surface area contributed by atoms with E-state index in [9.17, 15) is 4.79 Å². The summed E-state index contributed by atoms with van der Waals surface area (Å²) in [5, 5.41) is 0. The van der Waals surface area contributed by atoms with Crippen molar-refractivity contribution >= 4 is 5.78 Å². The molecule has 4 heteroatoms. The lowest BCUT2D eigenvalue weighted by Crippen LogP contribution is -2.09. The van der Waals surface area contributed by atoms with Crippen molar-refractivity contribution in [3.63, 3.8) is 0 Å². The maximum absolute atomic E-state index is 11.6. The van der Waals surface area contributed by atoms with E-state index in [0.717, 1.165) is 19.4 Å². The molecule has 0 saturated carbocycles.